The number of hydrogen-bond acceptors (Lipinski definition) is 2. The second-order valence-corrected chi connectivity index (χ2v) is 6.27. The molecule has 0 aromatic heterocycles. The molecule has 1 aromatic rings. The lowest BCUT2D eigenvalue weighted by molar-refractivity contribution is -0.111. The van der Waals surface area contributed by atoms with Crippen LogP contribution in [-0.2, 0) is 4.74 Å². The third-order valence-electron chi connectivity index (χ3n) is 4.83. The lowest BCUT2D eigenvalue weighted by Gasteiger charge is -2.43. The monoisotopic (exact) mass is 294 g/mol. The maximum absolute atomic E-state index is 13.8. The van der Waals surface area contributed by atoms with Crippen molar-refractivity contribution in [1.29, 1.82) is 0 Å². The van der Waals surface area contributed by atoms with E-state index in [1.165, 1.54) is 12.5 Å². The Hall–Kier alpha value is -1.29. The summed E-state index contributed by atoms with van der Waals surface area (Å²) in [6, 6.07) is 3.19. The van der Waals surface area contributed by atoms with Crippen molar-refractivity contribution in [2.45, 2.75) is 50.5 Å². The van der Waals surface area contributed by atoms with E-state index in [2.05, 4.69) is 0 Å². The van der Waals surface area contributed by atoms with Gasteiger partial charge in [-0.05, 0) is 37.8 Å². The predicted octanol–water partition coefficient (Wildman–Crippen LogP) is 4.28. The Morgan fingerprint density at radius 2 is 1.95 bits per heavy atom. The highest BCUT2D eigenvalue weighted by Gasteiger charge is 2.41. The first-order valence-corrected chi connectivity index (χ1v) is 7.73. The van der Waals surface area contributed by atoms with E-state index < -0.39 is 11.6 Å². The Balaban J connectivity index is 1.77. The zero-order valence-corrected chi connectivity index (χ0v) is 12.0. The van der Waals surface area contributed by atoms with Crippen LogP contribution in [0.25, 0.3) is 0 Å². The number of carbonyl (C=O) groups is 1. The Morgan fingerprint density at radius 1 is 1.19 bits per heavy atom. The topological polar surface area (TPSA) is 26.3 Å². The number of Topliss-reactive ketones (excluding diaryl/α,β-unsaturated/α-hetero) is 1. The van der Waals surface area contributed by atoms with Crippen molar-refractivity contribution < 1.29 is 18.3 Å². The highest BCUT2D eigenvalue weighted by atomic mass is 19.1. The van der Waals surface area contributed by atoms with Crippen molar-refractivity contribution in [3.8, 4) is 0 Å². The van der Waals surface area contributed by atoms with Gasteiger partial charge in [-0.25, -0.2) is 8.78 Å². The molecule has 1 heterocycles. The minimum Gasteiger partial charge on any atom is -0.375 e. The van der Waals surface area contributed by atoms with Gasteiger partial charge < -0.3 is 4.74 Å². The van der Waals surface area contributed by atoms with Crippen LogP contribution < -0.4 is 0 Å². The Bertz CT molecular complexity index is 530. The van der Waals surface area contributed by atoms with Crippen molar-refractivity contribution >= 4 is 5.78 Å². The summed E-state index contributed by atoms with van der Waals surface area (Å²) in [6.45, 7) is 0.555. The molecule has 1 saturated carbocycles. The van der Waals surface area contributed by atoms with E-state index >= 15 is 0 Å². The average Bonchev–Trinajstić information content (AvgIpc) is 2.47. The summed E-state index contributed by atoms with van der Waals surface area (Å²) in [6.07, 6.45) is 6.75. The molecule has 1 spiro atoms. The van der Waals surface area contributed by atoms with Gasteiger partial charge in [0.25, 0.3) is 0 Å². The van der Waals surface area contributed by atoms with Gasteiger partial charge in [0.2, 0.25) is 0 Å². The summed E-state index contributed by atoms with van der Waals surface area (Å²) >= 11 is 0. The summed E-state index contributed by atoms with van der Waals surface area (Å²) in [5.41, 5.74) is -0.179. The lowest BCUT2D eigenvalue weighted by Crippen LogP contribution is -2.43. The number of ketones is 1. The highest BCUT2D eigenvalue weighted by molar-refractivity contribution is 5.98. The van der Waals surface area contributed by atoms with Gasteiger partial charge in [-0.1, -0.05) is 19.3 Å². The second kappa shape index (κ2) is 5.84. The molecular formula is C17H20F2O2. The lowest BCUT2D eigenvalue weighted by atomic mass is 9.74. The van der Waals surface area contributed by atoms with Crippen LogP contribution in [0.2, 0.25) is 0 Å². The normalized spacial score (nSPS) is 25.0. The van der Waals surface area contributed by atoms with Gasteiger partial charge in [-0.2, -0.15) is 0 Å². The average molecular weight is 294 g/mol. The van der Waals surface area contributed by atoms with Gasteiger partial charge in [0.05, 0.1) is 11.2 Å². The first kappa shape index (κ1) is 14.6. The van der Waals surface area contributed by atoms with Crippen LogP contribution in [0.5, 0.6) is 0 Å². The quantitative estimate of drug-likeness (QED) is 0.761. The van der Waals surface area contributed by atoms with Crippen LogP contribution in [0, 0.1) is 17.6 Å². The third kappa shape index (κ3) is 3.00. The number of carbonyl (C=O) groups excluding carboxylic acids is 1. The molecule has 21 heavy (non-hydrogen) atoms. The van der Waals surface area contributed by atoms with E-state index in [-0.39, 0.29) is 22.9 Å². The Kier molecular flexibility index (Phi) is 4.07. The highest BCUT2D eigenvalue weighted by Crippen LogP contribution is 2.41. The molecule has 0 bridgehead atoms. The molecule has 1 saturated heterocycles. The van der Waals surface area contributed by atoms with E-state index in [4.69, 9.17) is 4.74 Å². The van der Waals surface area contributed by atoms with Crippen molar-refractivity contribution in [2.75, 3.05) is 6.61 Å². The molecule has 3 rings (SSSR count). The largest absolute Gasteiger partial charge is 0.375 e. The van der Waals surface area contributed by atoms with Crippen molar-refractivity contribution in [1.82, 2.24) is 0 Å². The zero-order valence-electron chi connectivity index (χ0n) is 12.0. The second-order valence-electron chi connectivity index (χ2n) is 6.27. The molecule has 1 aliphatic heterocycles. The first-order chi connectivity index (χ1) is 10.1. The van der Waals surface area contributed by atoms with Gasteiger partial charge in [0, 0.05) is 18.6 Å². The molecule has 0 N–H and O–H groups in total. The van der Waals surface area contributed by atoms with E-state index in [1.807, 2.05) is 0 Å². The molecular weight excluding hydrogens is 274 g/mol. The molecule has 1 aliphatic carbocycles. The van der Waals surface area contributed by atoms with Gasteiger partial charge in [-0.3, -0.25) is 4.79 Å². The molecule has 114 valence electrons. The summed E-state index contributed by atoms with van der Waals surface area (Å²) < 4.78 is 32.7. The van der Waals surface area contributed by atoms with Crippen molar-refractivity contribution in [3.05, 3.63) is 35.4 Å². The maximum atomic E-state index is 13.8. The van der Waals surface area contributed by atoms with Gasteiger partial charge >= 0.3 is 0 Å². The number of hydrogen-bond donors (Lipinski definition) is 0. The minimum atomic E-state index is -0.760. The molecule has 2 aliphatic rings. The number of halogens is 2. The molecule has 2 nitrogen and oxygen atoms in total. The summed E-state index contributed by atoms with van der Waals surface area (Å²) in [7, 11) is 0. The van der Waals surface area contributed by atoms with Crippen LogP contribution >= 0.6 is 0 Å². The molecule has 1 unspecified atom stereocenters. The molecule has 2 fully saturated rings. The van der Waals surface area contributed by atoms with Crippen molar-refractivity contribution in [3.63, 3.8) is 0 Å². The van der Waals surface area contributed by atoms with Crippen LogP contribution in [0.1, 0.15) is 55.3 Å². The van der Waals surface area contributed by atoms with Crippen LogP contribution in [0.4, 0.5) is 8.78 Å². The first-order valence-electron chi connectivity index (χ1n) is 7.73. The van der Waals surface area contributed by atoms with Crippen molar-refractivity contribution in [2.24, 2.45) is 5.92 Å². The van der Waals surface area contributed by atoms with Crippen LogP contribution in [-0.4, -0.2) is 18.0 Å². The van der Waals surface area contributed by atoms with E-state index in [1.54, 1.807) is 0 Å². The Morgan fingerprint density at radius 3 is 2.67 bits per heavy atom. The smallest absolute Gasteiger partial charge is 0.169 e. The fourth-order valence-electron chi connectivity index (χ4n) is 3.71. The molecule has 4 heteroatoms. The minimum absolute atomic E-state index is 0.00857. The van der Waals surface area contributed by atoms with Gasteiger partial charge in [0.15, 0.2) is 5.78 Å². The number of ether oxygens (including phenoxy) is 1. The fraction of sp³-hybridized carbons (Fsp3) is 0.588. The summed E-state index contributed by atoms with van der Waals surface area (Å²) in [4.78, 5) is 12.5. The van der Waals surface area contributed by atoms with Crippen LogP contribution in [0.3, 0.4) is 0 Å². The number of rotatable bonds is 2. The van der Waals surface area contributed by atoms with E-state index in [0.717, 1.165) is 37.8 Å². The fourth-order valence-corrected chi connectivity index (χ4v) is 3.71. The SMILES string of the molecule is O=C(c1ccc(F)cc1F)C1CCOC2(CCCCC2)C1. The Labute approximate surface area is 123 Å². The molecule has 0 radical (unpaired) electrons. The summed E-state index contributed by atoms with van der Waals surface area (Å²) in [5.74, 6) is -1.83. The predicted molar refractivity (Wildman–Crippen MR) is 75.2 cm³/mol. The zero-order chi connectivity index (χ0) is 14.9. The standard InChI is InChI=1S/C17H20F2O2/c18-13-4-5-14(15(19)10-13)16(20)12-6-9-21-17(11-12)7-2-1-3-8-17/h4-5,10,12H,1-3,6-9,11H2. The van der Waals surface area contributed by atoms with E-state index in [0.29, 0.717) is 19.4 Å². The molecule has 1 aromatic carbocycles. The number of benzene rings is 1. The van der Waals surface area contributed by atoms with Crippen LogP contribution in [0.15, 0.2) is 18.2 Å². The maximum Gasteiger partial charge on any atom is 0.169 e. The van der Waals surface area contributed by atoms with Gasteiger partial charge in [0.1, 0.15) is 11.6 Å². The third-order valence-corrected chi connectivity index (χ3v) is 4.83. The van der Waals surface area contributed by atoms with Gasteiger partial charge in [-0.15, -0.1) is 0 Å². The summed E-state index contributed by atoms with van der Waals surface area (Å²) in [5, 5.41) is 0. The molecule has 1 atom stereocenters. The van der Waals surface area contributed by atoms with E-state index in [9.17, 15) is 13.6 Å². The molecule has 0 amide bonds.